The molecule has 0 spiro atoms. The fraction of sp³-hybridized carbons (Fsp3) is 0.400. The lowest BCUT2D eigenvalue weighted by atomic mass is 10.1. The van der Waals surface area contributed by atoms with Gasteiger partial charge in [-0.3, -0.25) is 0 Å². The summed E-state index contributed by atoms with van der Waals surface area (Å²) < 4.78 is 49.5. The first-order chi connectivity index (χ1) is 8.84. The zero-order valence-electron chi connectivity index (χ0n) is 10.1. The second-order valence-corrected chi connectivity index (χ2v) is 3.24. The topological polar surface area (TPSA) is 83.7 Å². The molecule has 106 valence electrons. The van der Waals surface area contributed by atoms with Crippen LogP contribution in [-0.4, -0.2) is 31.5 Å². The van der Waals surface area contributed by atoms with Crippen LogP contribution in [0, 0.1) is 0 Å². The molecule has 2 N–H and O–H groups in total. The van der Waals surface area contributed by atoms with Crippen molar-refractivity contribution in [1.29, 1.82) is 0 Å². The average molecular weight is 280 g/mol. The Balaban J connectivity index is 3.40. The van der Waals surface area contributed by atoms with Crippen LogP contribution in [0.25, 0.3) is 0 Å². The van der Waals surface area contributed by atoms with Crippen molar-refractivity contribution in [3.63, 3.8) is 0 Å². The van der Waals surface area contributed by atoms with E-state index in [9.17, 15) is 18.0 Å². The van der Waals surface area contributed by atoms with Crippen molar-refractivity contribution < 1.29 is 32.2 Å². The van der Waals surface area contributed by atoms with Gasteiger partial charge in [0.15, 0.2) is 5.75 Å². The summed E-state index contributed by atoms with van der Waals surface area (Å²) >= 11 is 0. The molecule has 0 atom stereocenters. The van der Waals surface area contributed by atoms with E-state index >= 15 is 0 Å². The maximum Gasteiger partial charge on any atom is 0.574 e. The van der Waals surface area contributed by atoms with Gasteiger partial charge in [-0.15, -0.1) is 13.2 Å². The van der Waals surface area contributed by atoms with Crippen LogP contribution in [-0.2, 0) is 11.3 Å². The minimum atomic E-state index is -4.96. The summed E-state index contributed by atoms with van der Waals surface area (Å²) in [6, 6.07) is 0. The van der Waals surface area contributed by atoms with Gasteiger partial charge in [0.25, 0.3) is 5.88 Å². The molecule has 1 heterocycles. The van der Waals surface area contributed by atoms with Crippen molar-refractivity contribution >= 4 is 5.97 Å². The second-order valence-electron chi connectivity index (χ2n) is 3.24. The van der Waals surface area contributed by atoms with E-state index in [1.165, 1.54) is 0 Å². The number of esters is 1. The molecule has 1 aromatic rings. The lowest BCUT2D eigenvalue weighted by Gasteiger charge is -2.15. The van der Waals surface area contributed by atoms with E-state index in [2.05, 4.69) is 14.5 Å². The molecule has 0 bridgehead atoms. The van der Waals surface area contributed by atoms with Gasteiger partial charge in [-0.05, 0) is 0 Å². The number of aromatic nitrogens is 1. The van der Waals surface area contributed by atoms with Gasteiger partial charge in [-0.25, -0.2) is 9.78 Å². The quantitative estimate of drug-likeness (QED) is 0.835. The number of hydrogen-bond acceptors (Lipinski definition) is 6. The molecule has 0 radical (unpaired) electrons. The summed E-state index contributed by atoms with van der Waals surface area (Å²) in [5.74, 6) is -2.26. The molecule has 6 nitrogen and oxygen atoms in total. The molecule has 0 aliphatic heterocycles. The molecule has 0 aliphatic carbocycles. The number of alkyl halides is 3. The number of rotatable bonds is 4. The first-order valence-corrected chi connectivity index (χ1v) is 4.94. The molecule has 1 rings (SSSR count). The number of methoxy groups -OCH3 is 2. The summed E-state index contributed by atoms with van der Waals surface area (Å²) in [7, 11) is 2.15. The van der Waals surface area contributed by atoms with E-state index in [1.54, 1.807) is 0 Å². The van der Waals surface area contributed by atoms with Crippen molar-refractivity contribution in [2.24, 2.45) is 5.73 Å². The largest absolute Gasteiger partial charge is 0.574 e. The predicted octanol–water partition coefficient (Wildman–Crippen LogP) is 1.23. The third-order valence-electron chi connectivity index (χ3n) is 2.11. The number of carbonyl (C=O) groups is 1. The lowest BCUT2D eigenvalue weighted by molar-refractivity contribution is -0.276. The van der Waals surface area contributed by atoms with Crippen molar-refractivity contribution in [1.82, 2.24) is 4.98 Å². The average Bonchev–Trinajstić information content (AvgIpc) is 2.35. The van der Waals surface area contributed by atoms with Crippen LogP contribution in [0.15, 0.2) is 6.20 Å². The molecule has 0 saturated carbocycles. The maximum absolute atomic E-state index is 12.2. The highest BCUT2D eigenvalue weighted by molar-refractivity contribution is 5.94. The summed E-state index contributed by atoms with van der Waals surface area (Å²) in [6.45, 7) is -0.125. The number of ether oxygens (including phenoxy) is 3. The SMILES string of the molecule is COC(=O)c1c(CN)cnc(OC(F)(F)F)c1OC. The van der Waals surface area contributed by atoms with Crippen molar-refractivity contribution in [2.45, 2.75) is 12.9 Å². The number of hydrogen-bond donors (Lipinski definition) is 1. The molecule has 0 fully saturated rings. The van der Waals surface area contributed by atoms with E-state index in [4.69, 9.17) is 10.5 Å². The van der Waals surface area contributed by atoms with E-state index in [0.29, 0.717) is 0 Å². The smallest absolute Gasteiger partial charge is 0.491 e. The van der Waals surface area contributed by atoms with Crippen LogP contribution in [0.5, 0.6) is 11.6 Å². The van der Waals surface area contributed by atoms with E-state index in [0.717, 1.165) is 20.4 Å². The van der Waals surface area contributed by atoms with Crippen LogP contribution in [0.1, 0.15) is 15.9 Å². The molecular weight excluding hydrogens is 269 g/mol. The first-order valence-electron chi connectivity index (χ1n) is 4.94. The molecule has 0 saturated heterocycles. The van der Waals surface area contributed by atoms with Gasteiger partial charge in [-0.1, -0.05) is 0 Å². The van der Waals surface area contributed by atoms with E-state index < -0.39 is 24.0 Å². The number of pyridine rings is 1. The Bertz CT molecular complexity index is 477. The highest BCUT2D eigenvalue weighted by Crippen LogP contribution is 2.35. The Hall–Kier alpha value is -2.03. The third-order valence-corrected chi connectivity index (χ3v) is 2.11. The number of nitrogens with two attached hydrogens (primary N) is 1. The summed E-state index contributed by atoms with van der Waals surface area (Å²) in [6.07, 6.45) is -3.96. The van der Waals surface area contributed by atoms with Gasteiger partial charge in [0.1, 0.15) is 5.56 Å². The van der Waals surface area contributed by atoms with E-state index in [1.807, 2.05) is 0 Å². The Morgan fingerprint density at radius 2 is 2.05 bits per heavy atom. The van der Waals surface area contributed by atoms with Gasteiger partial charge in [0, 0.05) is 18.3 Å². The molecule has 0 aromatic carbocycles. The fourth-order valence-electron chi connectivity index (χ4n) is 1.36. The highest BCUT2D eigenvalue weighted by atomic mass is 19.4. The number of carbonyl (C=O) groups excluding carboxylic acids is 1. The standard InChI is InChI=1S/C10H11F3N2O4/c1-17-7-6(9(16)18-2)5(3-14)4-15-8(7)19-10(11,12)13/h4H,3,14H2,1-2H3. The van der Waals surface area contributed by atoms with Crippen molar-refractivity contribution in [3.05, 3.63) is 17.3 Å². The monoisotopic (exact) mass is 280 g/mol. The molecule has 0 aliphatic rings. The van der Waals surface area contributed by atoms with Gasteiger partial charge < -0.3 is 19.9 Å². The van der Waals surface area contributed by atoms with E-state index in [-0.39, 0.29) is 17.7 Å². The Morgan fingerprint density at radius 1 is 1.42 bits per heavy atom. The Morgan fingerprint density at radius 3 is 2.47 bits per heavy atom. The van der Waals surface area contributed by atoms with Crippen LogP contribution in [0.3, 0.4) is 0 Å². The molecule has 19 heavy (non-hydrogen) atoms. The summed E-state index contributed by atoms with van der Waals surface area (Å²) in [4.78, 5) is 15.0. The molecule has 0 unspecified atom stereocenters. The molecule has 0 amide bonds. The van der Waals surface area contributed by atoms with Crippen LogP contribution in [0.4, 0.5) is 13.2 Å². The molecular formula is C10H11F3N2O4. The summed E-state index contributed by atoms with van der Waals surface area (Å²) in [5.41, 5.74) is 5.31. The summed E-state index contributed by atoms with van der Waals surface area (Å²) in [5, 5.41) is 0. The van der Waals surface area contributed by atoms with Crippen LogP contribution in [0.2, 0.25) is 0 Å². The van der Waals surface area contributed by atoms with Crippen LogP contribution >= 0.6 is 0 Å². The van der Waals surface area contributed by atoms with Crippen molar-refractivity contribution in [3.8, 4) is 11.6 Å². The molecule has 1 aromatic heterocycles. The lowest BCUT2D eigenvalue weighted by Crippen LogP contribution is -2.20. The normalized spacial score (nSPS) is 11.1. The zero-order valence-corrected chi connectivity index (χ0v) is 10.1. The fourth-order valence-corrected chi connectivity index (χ4v) is 1.36. The third kappa shape index (κ3) is 3.47. The predicted molar refractivity (Wildman–Crippen MR) is 56.7 cm³/mol. The first kappa shape index (κ1) is 15.0. The maximum atomic E-state index is 12.2. The Kier molecular flexibility index (Phi) is 4.54. The van der Waals surface area contributed by atoms with Gasteiger partial charge in [0.2, 0.25) is 0 Å². The van der Waals surface area contributed by atoms with Crippen molar-refractivity contribution in [2.75, 3.05) is 14.2 Å². The number of nitrogens with zero attached hydrogens (tertiary/aromatic N) is 1. The molecule has 9 heteroatoms. The highest BCUT2D eigenvalue weighted by Gasteiger charge is 2.35. The van der Waals surface area contributed by atoms with Gasteiger partial charge >= 0.3 is 12.3 Å². The zero-order chi connectivity index (χ0) is 14.6. The Labute approximate surface area is 106 Å². The van der Waals surface area contributed by atoms with Crippen LogP contribution < -0.4 is 15.2 Å². The number of halogens is 3. The minimum absolute atomic E-state index is 0.125. The van der Waals surface area contributed by atoms with Gasteiger partial charge in [0.05, 0.1) is 14.2 Å². The van der Waals surface area contributed by atoms with Gasteiger partial charge in [-0.2, -0.15) is 0 Å². The second kappa shape index (κ2) is 5.74. The minimum Gasteiger partial charge on any atom is -0.491 e.